The fourth-order valence-corrected chi connectivity index (χ4v) is 3.33. The molecule has 0 saturated carbocycles. The topological polar surface area (TPSA) is 100 Å². The molecule has 0 aliphatic heterocycles. The summed E-state index contributed by atoms with van der Waals surface area (Å²) in [6.45, 7) is 6.98. The standard InChI is InChI=1S/C26H30N4O3/c1-4-17(2)15-27-16-22(25(32)30-24(31)20-11-9-18(3)10-12-20)29-26(33)23-21-8-6-5-7-19(21)13-14-28-23/h5-14,17,22,27H,4,15-16H2,1-3H3,(H,29,33)(H,30,31,32)/t17?,22-/m0/s1. The normalized spacial score (nSPS) is 12.7. The van der Waals surface area contributed by atoms with Crippen LogP contribution in [0.2, 0.25) is 0 Å². The van der Waals surface area contributed by atoms with Gasteiger partial charge >= 0.3 is 0 Å². The molecular formula is C26H30N4O3. The molecule has 1 heterocycles. The molecule has 0 aliphatic carbocycles. The van der Waals surface area contributed by atoms with Gasteiger partial charge in [0.25, 0.3) is 17.7 Å². The highest BCUT2D eigenvalue weighted by atomic mass is 16.2. The van der Waals surface area contributed by atoms with Gasteiger partial charge in [0.1, 0.15) is 11.7 Å². The second-order valence-corrected chi connectivity index (χ2v) is 8.26. The van der Waals surface area contributed by atoms with Crippen molar-refractivity contribution in [2.24, 2.45) is 5.92 Å². The molecule has 0 aliphatic rings. The maximum atomic E-state index is 13.1. The largest absolute Gasteiger partial charge is 0.338 e. The number of aromatic nitrogens is 1. The van der Waals surface area contributed by atoms with Crippen molar-refractivity contribution in [2.45, 2.75) is 33.2 Å². The van der Waals surface area contributed by atoms with E-state index in [2.05, 4.69) is 34.8 Å². The Labute approximate surface area is 194 Å². The average Bonchev–Trinajstić information content (AvgIpc) is 2.83. The van der Waals surface area contributed by atoms with E-state index in [0.717, 1.165) is 17.4 Å². The number of hydrogen-bond acceptors (Lipinski definition) is 5. The third-order valence-electron chi connectivity index (χ3n) is 5.60. The molecule has 7 nitrogen and oxygen atoms in total. The molecule has 0 fully saturated rings. The first-order chi connectivity index (χ1) is 15.9. The summed E-state index contributed by atoms with van der Waals surface area (Å²) in [5.74, 6) is -1.14. The van der Waals surface area contributed by atoms with E-state index in [0.29, 0.717) is 23.4 Å². The van der Waals surface area contributed by atoms with E-state index in [9.17, 15) is 14.4 Å². The molecule has 2 atom stereocenters. The van der Waals surface area contributed by atoms with Crippen LogP contribution in [0.1, 0.15) is 46.7 Å². The van der Waals surface area contributed by atoms with Gasteiger partial charge in [-0.1, -0.05) is 62.2 Å². The van der Waals surface area contributed by atoms with E-state index >= 15 is 0 Å². The Kier molecular flexibility index (Phi) is 8.27. The first-order valence-corrected chi connectivity index (χ1v) is 11.2. The number of pyridine rings is 1. The average molecular weight is 447 g/mol. The highest BCUT2D eigenvalue weighted by molar-refractivity contribution is 6.09. The van der Waals surface area contributed by atoms with E-state index < -0.39 is 23.8 Å². The van der Waals surface area contributed by atoms with Crippen molar-refractivity contribution in [1.29, 1.82) is 0 Å². The molecule has 172 valence electrons. The van der Waals surface area contributed by atoms with Crippen molar-refractivity contribution < 1.29 is 14.4 Å². The Hall–Kier alpha value is -3.58. The minimum absolute atomic E-state index is 0.188. The summed E-state index contributed by atoms with van der Waals surface area (Å²) >= 11 is 0. The van der Waals surface area contributed by atoms with Gasteiger partial charge in [-0.25, -0.2) is 0 Å². The lowest BCUT2D eigenvalue weighted by Crippen LogP contribution is -2.53. The third kappa shape index (κ3) is 6.46. The molecule has 3 aromatic rings. The van der Waals surface area contributed by atoms with Gasteiger partial charge in [0.15, 0.2) is 0 Å². The van der Waals surface area contributed by atoms with Crippen LogP contribution in [0.4, 0.5) is 0 Å². The van der Waals surface area contributed by atoms with E-state index in [1.807, 2.05) is 37.3 Å². The number of nitrogens with one attached hydrogen (secondary N) is 3. The van der Waals surface area contributed by atoms with Crippen LogP contribution in [0.15, 0.2) is 60.8 Å². The summed E-state index contributed by atoms with van der Waals surface area (Å²) in [6, 6.07) is 15.2. The third-order valence-corrected chi connectivity index (χ3v) is 5.60. The number of hydrogen-bond donors (Lipinski definition) is 3. The molecule has 3 rings (SSSR count). The van der Waals surface area contributed by atoms with Gasteiger partial charge in [-0.15, -0.1) is 0 Å². The maximum absolute atomic E-state index is 13.1. The SMILES string of the molecule is CCC(C)CNC[C@H](NC(=O)c1nccc2ccccc12)C(=O)NC(=O)c1ccc(C)cc1. The molecule has 0 saturated heterocycles. The fourth-order valence-electron chi connectivity index (χ4n) is 3.33. The van der Waals surface area contributed by atoms with Crippen LogP contribution in [0.3, 0.4) is 0 Å². The summed E-state index contributed by atoms with van der Waals surface area (Å²) < 4.78 is 0. The molecule has 0 radical (unpaired) electrons. The summed E-state index contributed by atoms with van der Waals surface area (Å²) in [5, 5.41) is 9.96. The number of benzene rings is 2. The quantitative estimate of drug-likeness (QED) is 0.469. The van der Waals surface area contributed by atoms with Crippen LogP contribution in [0.5, 0.6) is 0 Å². The van der Waals surface area contributed by atoms with Gasteiger partial charge in [0, 0.05) is 23.7 Å². The zero-order valence-electron chi connectivity index (χ0n) is 19.2. The number of fused-ring (bicyclic) bond motifs is 1. The number of nitrogens with zero attached hydrogens (tertiary/aromatic N) is 1. The first-order valence-electron chi connectivity index (χ1n) is 11.2. The lowest BCUT2D eigenvalue weighted by molar-refractivity contribution is -0.121. The molecule has 1 aromatic heterocycles. The maximum Gasteiger partial charge on any atom is 0.271 e. The van der Waals surface area contributed by atoms with Gasteiger partial charge in [0.05, 0.1) is 0 Å². The van der Waals surface area contributed by atoms with Crippen molar-refractivity contribution >= 4 is 28.5 Å². The Balaban J connectivity index is 1.76. The number of rotatable bonds is 9. The minimum atomic E-state index is -0.947. The number of aryl methyl sites for hydroxylation is 1. The highest BCUT2D eigenvalue weighted by Gasteiger charge is 2.25. The lowest BCUT2D eigenvalue weighted by atomic mass is 10.1. The summed E-state index contributed by atoms with van der Waals surface area (Å²) in [7, 11) is 0. The molecule has 0 spiro atoms. The molecule has 2 aromatic carbocycles. The lowest BCUT2D eigenvalue weighted by Gasteiger charge is -2.20. The van der Waals surface area contributed by atoms with Crippen LogP contribution < -0.4 is 16.0 Å². The van der Waals surface area contributed by atoms with Crippen molar-refractivity contribution in [1.82, 2.24) is 20.9 Å². The van der Waals surface area contributed by atoms with Gasteiger partial charge in [-0.2, -0.15) is 0 Å². The number of carbonyl (C=O) groups excluding carboxylic acids is 3. The predicted molar refractivity (Wildman–Crippen MR) is 129 cm³/mol. The molecule has 33 heavy (non-hydrogen) atoms. The predicted octanol–water partition coefficient (Wildman–Crippen LogP) is 3.23. The molecule has 3 N–H and O–H groups in total. The van der Waals surface area contributed by atoms with Crippen molar-refractivity contribution in [3.05, 3.63) is 77.6 Å². The molecule has 1 unspecified atom stereocenters. The van der Waals surface area contributed by atoms with Crippen LogP contribution in [0, 0.1) is 12.8 Å². The van der Waals surface area contributed by atoms with Gasteiger partial charge in [-0.05, 0) is 43.0 Å². The van der Waals surface area contributed by atoms with Gasteiger partial charge in [0.2, 0.25) is 0 Å². The summed E-state index contributed by atoms with van der Waals surface area (Å²) in [6.07, 6.45) is 2.55. The Morgan fingerprint density at radius 1 is 0.939 bits per heavy atom. The van der Waals surface area contributed by atoms with E-state index in [-0.39, 0.29) is 12.2 Å². The zero-order chi connectivity index (χ0) is 23.8. The van der Waals surface area contributed by atoms with Gasteiger partial charge < -0.3 is 10.6 Å². The second kappa shape index (κ2) is 11.3. The smallest absolute Gasteiger partial charge is 0.271 e. The molecule has 7 heteroatoms. The number of imide groups is 1. The van der Waals surface area contributed by atoms with Crippen LogP contribution >= 0.6 is 0 Å². The first kappa shape index (κ1) is 24.1. The highest BCUT2D eigenvalue weighted by Crippen LogP contribution is 2.16. The van der Waals surface area contributed by atoms with Crippen LogP contribution in [-0.2, 0) is 4.79 Å². The van der Waals surface area contributed by atoms with Crippen LogP contribution in [-0.4, -0.2) is 41.8 Å². The van der Waals surface area contributed by atoms with Gasteiger partial charge in [-0.3, -0.25) is 24.7 Å². The number of amides is 3. The van der Waals surface area contributed by atoms with Crippen molar-refractivity contribution in [3.8, 4) is 0 Å². The van der Waals surface area contributed by atoms with E-state index in [4.69, 9.17) is 0 Å². The second-order valence-electron chi connectivity index (χ2n) is 8.26. The Morgan fingerprint density at radius 2 is 1.67 bits per heavy atom. The van der Waals surface area contributed by atoms with Crippen molar-refractivity contribution in [3.63, 3.8) is 0 Å². The van der Waals surface area contributed by atoms with E-state index in [1.165, 1.54) is 0 Å². The molecule has 3 amide bonds. The molecular weight excluding hydrogens is 416 g/mol. The Morgan fingerprint density at radius 3 is 2.39 bits per heavy atom. The zero-order valence-corrected chi connectivity index (χ0v) is 19.2. The minimum Gasteiger partial charge on any atom is -0.338 e. The summed E-state index contributed by atoms with van der Waals surface area (Å²) in [4.78, 5) is 42.8. The monoisotopic (exact) mass is 446 g/mol. The fraction of sp³-hybridized carbons (Fsp3) is 0.308. The van der Waals surface area contributed by atoms with Crippen molar-refractivity contribution in [2.75, 3.05) is 13.1 Å². The summed E-state index contributed by atoms with van der Waals surface area (Å²) in [5.41, 5.74) is 1.62. The number of carbonyl (C=O) groups is 3. The van der Waals surface area contributed by atoms with Crippen LogP contribution in [0.25, 0.3) is 10.8 Å². The molecule has 0 bridgehead atoms. The van der Waals surface area contributed by atoms with E-state index in [1.54, 1.807) is 30.5 Å². The Bertz CT molecular complexity index is 1120.